The number of pyridine rings is 1. The lowest BCUT2D eigenvalue weighted by Gasteiger charge is -2.19. The highest BCUT2D eigenvalue weighted by molar-refractivity contribution is 9.10. The Morgan fingerprint density at radius 3 is 2.63 bits per heavy atom. The molecule has 1 heterocycles. The second-order valence-electron chi connectivity index (χ2n) is 4.95. The van der Waals surface area contributed by atoms with E-state index in [1.54, 1.807) is 0 Å². The van der Waals surface area contributed by atoms with Crippen LogP contribution < -0.4 is 5.32 Å². The predicted molar refractivity (Wildman–Crippen MR) is 87.4 cm³/mol. The van der Waals surface area contributed by atoms with E-state index in [1.165, 1.54) is 5.56 Å². The number of rotatable bonds is 3. The van der Waals surface area contributed by atoms with Crippen LogP contribution in [-0.2, 0) is 0 Å². The van der Waals surface area contributed by atoms with Crippen LogP contribution in [0.2, 0.25) is 5.02 Å². The molecule has 2 rings (SSSR count). The molecule has 2 aromatic rings. The molecule has 1 aromatic heterocycles. The Balaban J connectivity index is 2.89. The zero-order chi connectivity index (χ0) is 14.2. The Kier molecular flexibility index (Phi) is 4.36. The van der Waals surface area contributed by atoms with Crippen LogP contribution in [0.25, 0.3) is 10.9 Å². The van der Waals surface area contributed by atoms with E-state index >= 15 is 0 Å². The van der Waals surface area contributed by atoms with Crippen molar-refractivity contribution in [1.82, 2.24) is 4.98 Å². The Morgan fingerprint density at radius 2 is 2.05 bits per heavy atom. The van der Waals surface area contributed by atoms with Gasteiger partial charge in [0.1, 0.15) is 0 Å². The average molecular weight is 342 g/mol. The molecule has 0 spiro atoms. The van der Waals surface area contributed by atoms with Gasteiger partial charge in [0.05, 0.1) is 10.5 Å². The molecule has 1 N–H and O–H groups in total. The first-order chi connectivity index (χ1) is 8.95. The highest BCUT2D eigenvalue weighted by Gasteiger charge is 2.16. The van der Waals surface area contributed by atoms with E-state index in [0.717, 1.165) is 33.3 Å². The van der Waals surface area contributed by atoms with E-state index in [9.17, 15) is 0 Å². The largest absolute Gasteiger partial charge is 0.384 e. The third kappa shape index (κ3) is 2.72. The number of hydrogen-bond acceptors (Lipinski definition) is 2. The van der Waals surface area contributed by atoms with Crippen LogP contribution in [0, 0.1) is 6.92 Å². The van der Waals surface area contributed by atoms with Gasteiger partial charge in [-0.15, -0.1) is 0 Å². The Morgan fingerprint density at radius 1 is 1.37 bits per heavy atom. The number of halogens is 2. The zero-order valence-electron chi connectivity index (χ0n) is 11.6. The zero-order valence-corrected chi connectivity index (χ0v) is 14.0. The lowest BCUT2D eigenvalue weighted by Crippen LogP contribution is -2.07. The third-order valence-corrected chi connectivity index (χ3v) is 3.91. The summed E-state index contributed by atoms with van der Waals surface area (Å²) in [4.78, 5) is 4.69. The monoisotopic (exact) mass is 340 g/mol. The molecule has 0 aliphatic heterocycles. The van der Waals surface area contributed by atoms with Crippen molar-refractivity contribution in [2.24, 2.45) is 0 Å². The fourth-order valence-corrected chi connectivity index (χ4v) is 3.35. The highest BCUT2D eigenvalue weighted by Crippen LogP contribution is 2.37. The molecule has 0 aliphatic rings. The van der Waals surface area contributed by atoms with E-state index in [-0.39, 0.29) is 0 Å². The van der Waals surface area contributed by atoms with Crippen LogP contribution in [0.1, 0.15) is 37.9 Å². The van der Waals surface area contributed by atoms with Gasteiger partial charge in [-0.3, -0.25) is 4.98 Å². The van der Waals surface area contributed by atoms with Crippen molar-refractivity contribution in [3.05, 3.63) is 32.9 Å². The van der Waals surface area contributed by atoms with Crippen LogP contribution in [0.5, 0.6) is 0 Å². The summed E-state index contributed by atoms with van der Waals surface area (Å²) in [6.07, 6.45) is 0. The number of anilines is 1. The molecular weight excluding hydrogens is 324 g/mol. The maximum absolute atomic E-state index is 6.32. The minimum atomic E-state index is 0.420. The van der Waals surface area contributed by atoms with Crippen molar-refractivity contribution in [3.8, 4) is 0 Å². The third-order valence-electron chi connectivity index (χ3n) is 3.17. The lowest BCUT2D eigenvalue weighted by molar-refractivity contribution is 0.848. The smallest absolute Gasteiger partial charge is 0.0913 e. The number of hydrogen-bond donors (Lipinski definition) is 1. The van der Waals surface area contributed by atoms with E-state index in [2.05, 4.69) is 53.1 Å². The maximum Gasteiger partial charge on any atom is 0.0913 e. The SMILES string of the molecule is CCNc1c(C(C)C)c(C)nc2c(Cl)cc(Br)cc12. The van der Waals surface area contributed by atoms with Crippen LogP contribution in [0.4, 0.5) is 5.69 Å². The van der Waals surface area contributed by atoms with Gasteiger partial charge in [0.15, 0.2) is 0 Å². The van der Waals surface area contributed by atoms with Gasteiger partial charge in [0, 0.05) is 27.8 Å². The van der Waals surface area contributed by atoms with Crippen LogP contribution in [0.15, 0.2) is 16.6 Å². The van der Waals surface area contributed by atoms with E-state index < -0.39 is 0 Å². The predicted octanol–water partition coefficient (Wildman–Crippen LogP) is 5.51. The average Bonchev–Trinajstić information content (AvgIpc) is 2.30. The molecule has 0 radical (unpaired) electrons. The van der Waals surface area contributed by atoms with Gasteiger partial charge in [-0.05, 0) is 37.5 Å². The maximum atomic E-state index is 6.32. The van der Waals surface area contributed by atoms with Gasteiger partial charge >= 0.3 is 0 Å². The fraction of sp³-hybridized carbons (Fsp3) is 0.400. The molecule has 102 valence electrons. The number of aromatic nitrogens is 1. The molecule has 19 heavy (non-hydrogen) atoms. The molecule has 0 saturated carbocycles. The number of benzene rings is 1. The first kappa shape index (κ1) is 14.6. The van der Waals surface area contributed by atoms with Gasteiger partial charge in [-0.25, -0.2) is 0 Å². The van der Waals surface area contributed by atoms with Gasteiger partial charge in [0.25, 0.3) is 0 Å². The molecule has 0 aliphatic carbocycles. The molecule has 0 unspecified atom stereocenters. The summed E-state index contributed by atoms with van der Waals surface area (Å²) < 4.78 is 0.976. The van der Waals surface area contributed by atoms with Crippen molar-refractivity contribution in [3.63, 3.8) is 0 Å². The van der Waals surface area contributed by atoms with Gasteiger partial charge in [-0.1, -0.05) is 41.4 Å². The van der Waals surface area contributed by atoms with Crippen molar-refractivity contribution in [1.29, 1.82) is 0 Å². The molecule has 2 nitrogen and oxygen atoms in total. The van der Waals surface area contributed by atoms with Crippen molar-refractivity contribution >= 4 is 44.1 Å². The van der Waals surface area contributed by atoms with E-state index in [1.807, 2.05) is 13.0 Å². The molecule has 0 atom stereocenters. The second-order valence-corrected chi connectivity index (χ2v) is 6.28. The van der Waals surface area contributed by atoms with Gasteiger partial charge in [-0.2, -0.15) is 0 Å². The topological polar surface area (TPSA) is 24.9 Å². The summed E-state index contributed by atoms with van der Waals surface area (Å²) >= 11 is 9.83. The molecule has 1 aromatic carbocycles. The normalized spacial score (nSPS) is 11.3. The summed E-state index contributed by atoms with van der Waals surface area (Å²) in [7, 11) is 0. The molecule has 0 amide bonds. The quantitative estimate of drug-likeness (QED) is 0.795. The number of nitrogens with one attached hydrogen (secondary N) is 1. The first-order valence-electron chi connectivity index (χ1n) is 6.48. The molecule has 0 bridgehead atoms. The van der Waals surface area contributed by atoms with Gasteiger partial charge < -0.3 is 5.32 Å². The molecule has 0 saturated heterocycles. The van der Waals surface area contributed by atoms with Crippen molar-refractivity contribution < 1.29 is 0 Å². The Hall–Kier alpha value is -0.800. The fourth-order valence-electron chi connectivity index (χ4n) is 2.50. The van der Waals surface area contributed by atoms with Crippen LogP contribution >= 0.6 is 27.5 Å². The summed E-state index contributed by atoms with van der Waals surface area (Å²) in [6, 6.07) is 3.97. The summed E-state index contributed by atoms with van der Waals surface area (Å²) in [5, 5.41) is 5.24. The van der Waals surface area contributed by atoms with E-state index in [4.69, 9.17) is 11.6 Å². The lowest BCUT2D eigenvalue weighted by atomic mass is 9.96. The summed E-state index contributed by atoms with van der Waals surface area (Å²) in [6.45, 7) is 9.41. The van der Waals surface area contributed by atoms with Gasteiger partial charge in [0.2, 0.25) is 0 Å². The van der Waals surface area contributed by atoms with Crippen molar-refractivity contribution in [2.45, 2.75) is 33.6 Å². The Bertz CT molecular complexity index is 623. The molecular formula is C15H18BrClN2. The number of aryl methyl sites for hydroxylation is 1. The van der Waals surface area contributed by atoms with E-state index in [0.29, 0.717) is 10.9 Å². The van der Waals surface area contributed by atoms with Crippen molar-refractivity contribution in [2.75, 3.05) is 11.9 Å². The molecule has 0 fully saturated rings. The minimum absolute atomic E-state index is 0.420. The summed E-state index contributed by atoms with van der Waals surface area (Å²) in [5.41, 5.74) is 4.33. The standard InChI is InChI=1S/C15H18BrClN2/c1-5-18-15-11-6-10(16)7-12(17)14(11)19-9(4)13(15)8(2)3/h6-8H,5H2,1-4H3,(H,18,19). The minimum Gasteiger partial charge on any atom is -0.384 e. The second kappa shape index (κ2) is 5.68. The van der Waals surface area contributed by atoms with Crippen LogP contribution in [0.3, 0.4) is 0 Å². The Labute approximate surface area is 127 Å². The highest BCUT2D eigenvalue weighted by atomic mass is 79.9. The molecule has 4 heteroatoms. The van der Waals surface area contributed by atoms with Crippen LogP contribution in [-0.4, -0.2) is 11.5 Å². The first-order valence-corrected chi connectivity index (χ1v) is 7.65. The number of fused-ring (bicyclic) bond motifs is 1. The number of nitrogens with zero attached hydrogens (tertiary/aromatic N) is 1. The summed E-state index contributed by atoms with van der Waals surface area (Å²) in [5.74, 6) is 0.420.